The Morgan fingerprint density at radius 2 is 1.62 bits per heavy atom. The SMILES string of the molecule is CC1=C(C(=O)OC(C)C)C(c2cccc([N+](=O)[O-])c2)C(C(=O)OC2CCN(Cc3ccccc3)CC2)=C(C)N1.Cl. The van der Waals surface area contributed by atoms with E-state index in [9.17, 15) is 19.7 Å². The number of ether oxygens (including phenoxy) is 2. The molecule has 1 saturated heterocycles. The number of benzene rings is 2. The Labute approximate surface area is 240 Å². The number of esters is 2. The van der Waals surface area contributed by atoms with Crippen LogP contribution in [-0.2, 0) is 25.6 Å². The van der Waals surface area contributed by atoms with Crippen LogP contribution in [0, 0.1) is 10.1 Å². The Kier molecular flexibility index (Phi) is 10.5. The number of nitro benzene ring substituents is 1. The van der Waals surface area contributed by atoms with Crippen molar-refractivity contribution in [3.63, 3.8) is 0 Å². The molecule has 0 saturated carbocycles. The van der Waals surface area contributed by atoms with E-state index >= 15 is 0 Å². The molecule has 0 bridgehead atoms. The Morgan fingerprint density at radius 3 is 2.23 bits per heavy atom. The number of nitrogens with one attached hydrogen (secondary N) is 1. The number of carbonyl (C=O) groups excluding carboxylic acids is 2. The van der Waals surface area contributed by atoms with Crippen molar-refractivity contribution in [1.82, 2.24) is 10.2 Å². The van der Waals surface area contributed by atoms with Gasteiger partial charge in [-0.25, -0.2) is 9.59 Å². The molecule has 0 amide bonds. The first-order valence-corrected chi connectivity index (χ1v) is 13.2. The van der Waals surface area contributed by atoms with E-state index in [1.807, 2.05) is 18.2 Å². The van der Waals surface area contributed by atoms with Gasteiger partial charge in [-0.15, -0.1) is 12.4 Å². The average molecular weight is 570 g/mol. The van der Waals surface area contributed by atoms with Crippen molar-refractivity contribution in [1.29, 1.82) is 0 Å². The number of allylic oxidation sites excluding steroid dienone is 2. The number of dihydropyridines is 1. The molecular weight excluding hydrogens is 534 g/mol. The minimum absolute atomic E-state index is 0. The number of nitrogens with zero attached hydrogens (tertiary/aromatic N) is 2. The lowest BCUT2D eigenvalue weighted by molar-refractivity contribution is -0.384. The second-order valence-electron chi connectivity index (χ2n) is 10.3. The predicted octanol–water partition coefficient (Wildman–Crippen LogP) is 5.41. The molecule has 2 aliphatic heterocycles. The number of hydrogen-bond acceptors (Lipinski definition) is 8. The van der Waals surface area contributed by atoms with E-state index in [4.69, 9.17) is 9.47 Å². The molecule has 9 nitrogen and oxygen atoms in total. The molecule has 0 radical (unpaired) electrons. The van der Waals surface area contributed by atoms with Gasteiger partial charge in [-0.3, -0.25) is 15.0 Å². The zero-order valence-corrected chi connectivity index (χ0v) is 24.0. The van der Waals surface area contributed by atoms with Gasteiger partial charge in [0.25, 0.3) is 5.69 Å². The molecule has 2 aromatic rings. The first kappa shape index (κ1) is 30.8. The van der Waals surface area contributed by atoms with Crippen molar-refractivity contribution < 1.29 is 24.0 Å². The Balaban J connectivity index is 0.00000441. The molecule has 214 valence electrons. The monoisotopic (exact) mass is 569 g/mol. The van der Waals surface area contributed by atoms with Crippen molar-refractivity contribution in [2.24, 2.45) is 0 Å². The lowest BCUT2D eigenvalue weighted by Gasteiger charge is -2.34. The Hall–Kier alpha value is -3.69. The number of likely N-dealkylation sites (tertiary alicyclic amines) is 1. The van der Waals surface area contributed by atoms with Crippen molar-refractivity contribution in [2.45, 2.75) is 65.2 Å². The van der Waals surface area contributed by atoms with Gasteiger partial charge in [-0.05, 0) is 51.7 Å². The second-order valence-corrected chi connectivity index (χ2v) is 10.3. The molecular formula is C30H36ClN3O6. The highest BCUT2D eigenvalue weighted by Gasteiger charge is 2.39. The summed E-state index contributed by atoms with van der Waals surface area (Å²) in [7, 11) is 0. The topological polar surface area (TPSA) is 111 Å². The maximum absolute atomic E-state index is 13.7. The van der Waals surface area contributed by atoms with E-state index in [0.29, 0.717) is 29.8 Å². The molecule has 0 aromatic heterocycles. The predicted molar refractivity (Wildman–Crippen MR) is 154 cm³/mol. The number of rotatable bonds is 8. The van der Waals surface area contributed by atoms with Crippen LogP contribution < -0.4 is 5.32 Å². The fraction of sp³-hybridized carbons (Fsp3) is 0.400. The third-order valence-corrected chi connectivity index (χ3v) is 7.01. The number of non-ortho nitro benzene ring substituents is 1. The van der Waals surface area contributed by atoms with E-state index in [1.54, 1.807) is 39.8 Å². The summed E-state index contributed by atoms with van der Waals surface area (Å²) >= 11 is 0. The molecule has 1 N–H and O–H groups in total. The minimum atomic E-state index is -0.872. The first-order chi connectivity index (χ1) is 18.6. The van der Waals surface area contributed by atoms with Gasteiger partial charge in [0.15, 0.2) is 0 Å². The molecule has 0 aliphatic carbocycles. The van der Waals surface area contributed by atoms with E-state index in [0.717, 1.165) is 19.6 Å². The van der Waals surface area contributed by atoms with Crippen LogP contribution in [0.25, 0.3) is 0 Å². The lowest BCUT2D eigenvalue weighted by atomic mass is 9.80. The molecule has 2 aliphatic rings. The van der Waals surface area contributed by atoms with Crippen LogP contribution in [0.1, 0.15) is 57.6 Å². The van der Waals surface area contributed by atoms with Crippen molar-refractivity contribution in [3.8, 4) is 0 Å². The highest BCUT2D eigenvalue weighted by molar-refractivity contribution is 6.00. The second kappa shape index (κ2) is 13.6. The van der Waals surface area contributed by atoms with Gasteiger partial charge in [0.2, 0.25) is 0 Å². The minimum Gasteiger partial charge on any atom is -0.460 e. The number of halogens is 1. The summed E-state index contributed by atoms with van der Waals surface area (Å²) in [6, 6.07) is 16.3. The van der Waals surface area contributed by atoms with Crippen LogP contribution in [0.5, 0.6) is 0 Å². The van der Waals surface area contributed by atoms with Crippen LogP contribution in [-0.4, -0.2) is 47.1 Å². The highest BCUT2D eigenvalue weighted by Crippen LogP contribution is 2.40. The van der Waals surface area contributed by atoms with Crippen LogP contribution in [0.3, 0.4) is 0 Å². The maximum atomic E-state index is 13.7. The number of nitro groups is 1. The van der Waals surface area contributed by atoms with Crippen molar-refractivity contribution in [2.75, 3.05) is 13.1 Å². The summed E-state index contributed by atoms with van der Waals surface area (Å²) in [5.74, 6) is -2.00. The third kappa shape index (κ3) is 7.28. The van der Waals surface area contributed by atoms with E-state index < -0.39 is 22.8 Å². The smallest absolute Gasteiger partial charge is 0.337 e. The molecule has 4 rings (SSSR count). The molecule has 2 aromatic carbocycles. The summed E-state index contributed by atoms with van der Waals surface area (Å²) in [5.41, 5.74) is 3.12. The van der Waals surface area contributed by atoms with E-state index in [2.05, 4.69) is 22.3 Å². The van der Waals surface area contributed by atoms with Gasteiger partial charge in [0, 0.05) is 43.2 Å². The van der Waals surface area contributed by atoms with Crippen LogP contribution in [0.4, 0.5) is 5.69 Å². The largest absolute Gasteiger partial charge is 0.460 e. The Morgan fingerprint density at radius 1 is 1.00 bits per heavy atom. The number of carbonyl (C=O) groups is 2. The van der Waals surface area contributed by atoms with E-state index in [1.165, 1.54) is 17.7 Å². The van der Waals surface area contributed by atoms with Crippen molar-refractivity contribution >= 4 is 30.0 Å². The zero-order valence-electron chi connectivity index (χ0n) is 23.2. The van der Waals surface area contributed by atoms with Gasteiger partial charge in [-0.2, -0.15) is 0 Å². The fourth-order valence-corrected chi connectivity index (χ4v) is 5.21. The van der Waals surface area contributed by atoms with Crippen LogP contribution in [0.2, 0.25) is 0 Å². The summed E-state index contributed by atoms with van der Waals surface area (Å²) < 4.78 is 11.5. The molecule has 1 atom stereocenters. The van der Waals surface area contributed by atoms with Crippen molar-refractivity contribution in [3.05, 3.63) is 98.4 Å². The summed E-state index contributed by atoms with van der Waals surface area (Å²) in [6.07, 6.45) is 0.731. The quantitative estimate of drug-likeness (QED) is 0.255. The van der Waals surface area contributed by atoms with Gasteiger partial charge < -0.3 is 14.8 Å². The number of piperidine rings is 1. The summed E-state index contributed by atoms with van der Waals surface area (Å²) in [6.45, 7) is 9.40. The zero-order chi connectivity index (χ0) is 28.1. The molecule has 2 heterocycles. The first-order valence-electron chi connectivity index (χ1n) is 13.2. The molecule has 40 heavy (non-hydrogen) atoms. The molecule has 0 spiro atoms. The van der Waals surface area contributed by atoms with Gasteiger partial charge in [0.1, 0.15) is 6.10 Å². The molecule has 10 heteroatoms. The fourth-order valence-electron chi connectivity index (χ4n) is 5.21. The molecule has 1 unspecified atom stereocenters. The number of hydrogen-bond donors (Lipinski definition) is 1. The van der Waals surface area contributed by atoms with Gasteiger partial charge in [0.05, 0.1) is 28.1 Å². The standard InChI is InChI=1S/C30H35N3O6.ClH/c1-19(2)38-29(34)26-20(3)31-21(4)27(28(26)23-11-8-12-24(17-23)33(36)37)30(35)39-25-13-15-32(16-14-25)18-22-9-6-5-7-10-22;/h5-12,17,19,25,28,31H,13-16,18H2,1-4H3;1H. The van der Waals surface area contributed by atoms with E-state index in [-0.39, 0.29) is 41.4 Å². The van der Waals surface area contributed by atoms with Gasteiger partial charge in [-0.1, -0.05) is 42.5 Å². The Bertz CT molecular complexity index is 1300. The highest BCUT2D eigenvalue weighted by atomic mass is 35.5. The van der Waals surface area contributed by atoms with Gasteiger partial charge >= 0.3 is 11.9 Å². The van der Waals surface area contributed by atoms with Crippen LogP contribution >= 0.6 is 12.4 Å². The average Bonchev–Trinajstić information content (AvgIpc) is 2.89. The van der Waals surface area contributed by atoms with Crippen LogP contribution in [0.15, 0.2) is 77.1 Å². The third-order valence-electron chi connectivity index (χ3n) is 7.01. The molecule has 1 fully saturated rings. The summed E-state index contributed by atoms with van der Waals surface area (Å²) in [4.78, 5) is 40.3. The lowest BCUT2D eigenvalue weighted by Crippen LogP contribution is -2.39. The maximum Gasteiger partial charge on any atom is 0.337 e. The normalized spacial score (nSPS) is 18.2. The summed E-state index contributed by atoms with van der Waals surface area (Å²) in [5, 5.41) is 14.7.